The molecule has 0 bridgehead atoms. The molecule has 2 aromatic heterocycles. The van der Waals surface area contributed by atoms with Gasteiger partial charge in [0.2, 0.25) is 0 Å². The summed E-state index contributed by atoms with van der Waals surface area (Å²) < 4.78 is 1.11. The third-order valence-corrected chi connectivity index (χ3v) is 4.23. The number of benzene rings is 2. The zero-order valence-electron chi connectivity index (χ0n) is 11.0. The molecule has 2 N–H and O–H groups in total. The van der Waals surface area contributed by atoms with E-state index in [-0.39, 0.29) is 5.91 Å². The molecule has 21 heavy (non-hydrogen) atoms. The molecule has 4 rings (SSSR count). The van der Waals surface area contributed by atoms with Crippen molar-refractivity contribution in [2.24, 2.45) is 0 Å². The minimum Gasteiger partial charge on any atom is -0.361 e. The molecule has 0 radical (unpaired) electrons. The summed E-state index contributed by atoms with van der Waals surface area (Å²) >= 11 is 1.59. The Hall–Kier alpha value is -2.66. The van der Waals surface area contributed by atoms with Crippen LogP contribution < -0.4 is 5.32 Å². The average Bonchev–Trinajstić information content (AvgIpc) is 3.14. The van der Waals surface area contributed by atoms with Crippen LogP contribution in [0.5, 0.6) is 0 Å². The Bertz CT molecular complexity index is 954. The van der Waals surface area contributed by atoms with Gasteiger partial charge in [0.25, 0.3) is 5.91 Å². The summed E-state index contributed by atoms with van der Waals surface area (Å²) in [5.74, 6) is -0.127. The largest absolute Gasteiger partial charge is 0.361 e. The lowest BCUT2D eigenvalue weighted by Gasteiger charge is -2.06. The zero-order valence-corrected chi connectivity index (χ0v) is 11.8. The average molecular weight is 293 g/mol. The summed E-state index contributed by atoms with van der Waals surface area (Å²) in [4.78, 5) is 19.8. The molecular formula is C16H11N3OS. The Balaban J connectivity index is 1.70. The summed E-state index contributed by atoms with van der Waals surface area (Å²) in [5, 5.41) is 3.95. The highest BCUT2D eigenvalue weighted by Crippen LogP contribution is 2.23. The van der Waals surface area contributed by atoms with Gasteiger partial charge in [-0.3, -0.25) is 4.79 Å². The van der Waals surface area contributed by atoms with Gasteiger partial charge in [-0.15, -0.1) is 11.3 Å². The van der Waals surface area contributed by atoms with Gasteiger partial charge in [0.15, 0.2) is 0 Å². The van der Waals surface area contributed by atoms with Crippen molar-refractivity contribution in [3.05, 3.63) is 59.7 Å². The highest BCUT2D eigenvalue weighted by molar-refractivity contribution is 7.16. The van der Waals surface area contributed by atoms with E-state index in [0.717, 1.165) is 26.8 Å². The monoisotopic (exact) mass is 293 g/mol. The van der Waals surface area contributed by atoms with Gasteiger partial charge < -0.3 is 10.3 Å². The molecule has 102 valence electrons. The molecule has 4 aromatic rings. The minimum absolute atomic E-state index is 0.127. The molecule has 0 spiro atoms. The molecule has 4 nitrogen and oxygen atoms in total. The maximum Gasteiger partial charge on any atom is 0.257 e. The molecule has 1 amide bonds. The van der Waals surface area contributed by atoms with Crippen molar-refractivity contribution in [2.45, 2.75) is 0 Å². The summed E-state index contributed by atoms with van der Waals surface area (Å²) in [7, 11) is 0. The van der Waals surface area contributed by atoms with Crippen molar-refractivity contribution < 1.29 is 4.79 Å². The third kappa shape index (κ3) is 2.08. The maximum atomic E-state index is 12.5. The van der Waals surface area contributed by atoms with Crippen LogP contribution in [-0.2, 0) is 0 Å². The first-order valence-electron chi connectivity index (χ1n) is 6.52. The number of H-pyrrole nitrogens is 1. The van der Waals surface area contributed by atoms with Crippen molar-refractivity contribution >= 4 is 44.1 Å². The smallest absolute Gasteiger partial charge is 0.257 e. The van der Waals surface area contributed by atoms with E-state index in [9.17, 15) is 4.79 Å². The highest BCUT2D eigenvalue weighted by atomic mass is 32.1. The lowest BCUT2D eigenvalue weighted by molar-refractivity contribution is 0.102. The number of hydrogen-bond acceptors (Lipinski definition) is 3. The number of nitrogens with zero attached hydrogens (tertiary/aromatic N) is 1. The number of nitrogens with one attached hydrogen (secondary N) is 2. The Labute approximate surface area is 124 Å². The Morgan fingerprint density at radius 3 is 3.10 bits per heavy atom. The highest BCUT2D eigenvalue weighted by Gasteiger charge is 2.11. The van der Waals surface area contributed by atoms with Crippen LogP contribution in [0, 0.1) is 0 Å². The molecule has 0 saturated heterocycles. The lowest BCUT2D eigenvalue weighted by atomic mass is 10.1. The van der Waals surface area contributed by atoms with E-state index in [1.165, 1.54) is 0 Å². The van der Waals surface area contributed by atoms with Gasteiger partial charge in [0, 0.05) is 17.3 Å². The van der Waals surface area contributed by atoms with E-state index in [4.69, 9.17) is 0 Å². The number of fused-ring (bicyclic) bond motifs is 2. The van der Waals surface area contributed by atoms with Gasteiger partial charge in [-0.05, 0) is 30.3 Å². The van der Waals surface area contributed by atoms with Crippen LogP contribution in [0.4, 0.5) is 5.69 Å². The molecule has 0 aliphatic rings. The molecule has 0 unspecified atom stereocenters. The molecule has 0 aliphatic heterocycles. The molecule has 0 atom stereocenters. The predicted molar refractivity (Wildman–Crippen MR) is 85.9 cm³/mol. The molecule has 2 heterocycles. The summed E-state index contributed by atoms with van der Waals surface area (Å²) in [5.41, 5.74) is 4.94. The van der Waals surface area contributed by atoms with Crippen LogP contribution in [0.25, 0.3) is 21.1 Å². The fraction of sp³-hybridized carbons (Fsp3) is 0. The second kappa shape index (κ2) is 4.71. The summed E-state index contributed by atoms with van der Waals surface area (Å²) in [6, 6.07) is 13.4. The number of para-hydroxylation sites is 1. The van der Waals surface area contributed by atoms with Crippen LogP contribution >= 0.6 is 11.3 Å². The van der Waals surface area contributed by atoms with E-state index in [2.05, 4.69) is 15.3 Å². The second-order valence-corrected chi connectivity index (χ2v) is 5.62. The number of anilines is 1. The fourth-order valence-corrected chi connectivity index (χ4v) is 3.07. The number of aromatic nitrogens is 2. The number of carbonyl (C=O) groups excluding carboxylic acids is 1. The van der Waals surface area contributed by atoms with E-state index >= 15 is 0 Å². The standard InChI is InChI=1S/C16H11N3OS/c20-16(12-3-1-2-10-6-7-17-15(10)12)19-11-4-5-14-13(8-11)18-9-21-14/h1-9,17H,(H,19,20). The van der Waals surface area contributed by atoms with E-state index in [1.807, 2.05) is 48.7 Å². The molecule has 5 heteroatoms. The van der Waals surface area contributed by atoms with Crippen molar-refractivity contribution in [3.8, 4) is 0 Å². The Kier molecular flexibility index (Phi) is 2.72. The van der Waals surface area contributed by atoms with Gasteiger partial charge in [0.05, 0.1) is 26.8 Å². The van der Waals surface area contributed by atoms with Gasteiger partial charge in [-0.2, -0.15) is 0 Å². The van der Waals surface area contributed by atoms with Crippen molar-refractivity contribution in [3.63, 3.8) is 0 Å². The van der Waals surface area contributed by atoms with E-state index in [0.29, 0.717) is 5.56 Å². The molecule has 0 saturated carbocycles. The van der Waals surface area contributed by atoms with Gasteiger partial charge >= 0.3 is 0 Å². The maximum absolute atomic E-state index is 12.5. The third-order valence-electron chi connectivity index (χ3n) is 3.42. The van der Waals surface area contributed by atoms with Crippen molar-refractivity contribution in [1.82, 2.24) is 9.97 Å². The second-order valence-electron chi connectivity index (χ2n) is 4.74. The number of hydrogen-bond donors (Lipinski definition) is 2. The molecule has 2 aromatic carbocycles. The number of amides is 1. The molecule has 0 aliphatic carbocycles. The minimum atomic E-state index is -0.127. The van der Waals surface area contributed by atoms with Gasteiger partial charge in [-0.1, -0.05) is 12.1 Å². The first-order chi connectivity index (χ1) is 10.3. The predicted octanol–water partition coefficient (Wildman–Crippen LogP) is 4.03. The van der Waals surface area contributed by atoms with Gasteiger partial charge in [0.1, 0.15) is 0 Å². The number of thiazole rings is 1. The Morgan fingerprint density at radius 1 is 1.19 bits per heavy atom. The quantitative estimate of drug-likeness (QED) is 0.586. The zero-order chi connectivity index (χ0) is 14.2. The van der Waals surface area contributed by atoms with Crippen LogP contribution in [0.2, 0.25) is 0 Å². The molecular weight excluding hydrogens is 282 g/mol. The first kappa shape index (κ1) is 12.1. The van der Waals surface area contributed by atoms with Crippen LogP contribution in [0.1, 0.15) is 10.4 Å². The van der Waals surface area contributed by atoms with Crippen LogP contribution in [0.3, 0.4) is 0 Å². The number of aromatic amines is 1. The van der Waals surface area contributed by atoms with E-state index < -0.39 is 0 Å². The summed E-state index contributed by atoms with van der Waals surface area (Å²) in [6.45, 7) is 0. The van der Waals surface area contributed by atoms with Crippen molar-refractivity contribution in [1.29, 1.82) is 0 Å². The summed E-state index contributed by atoms with van der Waals surface area (Å²) in [6.07, 6.45) is 1.84. The fourth-order valence-electron chi connectivity index (χ4n) is 2.41. The topological polar surface area (TPSA) is 57.8 Å². The number of rotatable bonds is 2. The van der Waals surface area contributed by atoms with Crippen LogP contribution in [0.15, 0.2) is 54.2 Å². The number of carbonyl (C=O) groups is 1. The van der Waals surface area contributed by atoms with Gasteiger partial charge in [-0.25, -0.2) is 4.98 Å². The lowest BCUT2D eigenvalue weighted by Crippen LogP contribution is -2.12. The normalized spacial score (nSPS) is 11.0. The van der Waals surface area contributed by atoms with Crippen LogP contribution in [-0.4, -0.2) is 15.9 Å². The Morgan fingerprint density at radius 2 is 2.14 bits per heavy atom. The molecule has 0 fully saturated rings. The van der Waals surface area contributed by atoms with E-state index in [1.54, 1.807) is 16.8 Å². The van der Waals surface area contributed by atoms with Crippen molar-refractivity contribution in [2.75, 3.05) is 5.32 Å². The SMILES string of the molecule is O=C(Nc1ccc2scnc2c1)c1cccc2cc[nH]c12. The first-order valence-corrected chi connectivity index (χ1v) is 7.40.